The summed E-state index contributed by atoms with van der Waals surface area (Å²) in [6.45, 7) is 11.1. The first-order valence-corrected chi connectivity index (χ1v) is 42.7. The van der Waals surface area contributed by atoms with Crippen molar-refractivity contribution in [2.45, 2.75) is 482 Å². The smallest absolute Gasteiger partial charge is 0.306 e. The van der Waals surface area contributed by atoms with Gasteiger partial charge in [0.25, 0.3) is 0 Å². The van der Waals surface area contributed by atoms with Crippen molar-refractivity contribution in [1.82, 2.24) is 0 Å². The molecule has 0 unspecified atom stereocenters. The molecular formula is C84H154O17. The van der Waals surface area contributed by atoms with E-state index in [1.165, 1.54) is 128 Å². The van der Waals surface area contributed by atoms with Gasteiger partial charge in [-0.05, 0) is 38.5 Å². The molecule has 2 rings (SSSR count). The van der Waals surface area contributed by atoms with Crippen LogP contribution >= 0.6 is 0 Å². The van der Waals surface area contributed by atoms with Crippen LogP contribution in [0.4, 0.5) is 0 Å². The molecule has 0 aliphatic carbocycles. The summed E-state index contributed by atoms with van der Waals surface area (Å²) in [5.74, 6) is -6.26. The molecule has 0 aromatic carbocycles. The molecule has 2 N–H and O–H groups in total. The highest BCUT2D eigenvalue weighted by Gasteiger charge is 2.65. The largest absolute Gasteiger partial charge is 0.463 e. The minimum absolute atomic E-state index is 0.00109. The number of hydrogen-bond donors (Lipinski definition) is 2. The van der Waals surface area contributed by atoms with Crippen LogP contribution in [0, 0.1) is 0 Å². The Morgan fingerprint density at radius 1 is 0.307 bits per heavy atom. The van der Waals surface area contributed by atoms with Crippen molar-refractivity contribution in [2.75, 3.05) is 19.8 Å². The van der Waals surface area contributed by atoms with Crippen LogP contribution in [-0.4, -0.2) is 121 Å². The lowest BCUT2D eigenvalue weighted by atomic mass is 9.97. The lowest BCUT2D eigenvalue weighted by Crippen LogP contribution is -2.65. The molecule has 101 heavy (non-hydrogen) atoms. The number of esters is 6. The van der Waals surface area contributed by atoms with Gasteiger partial charge in [-0.1, -0.05) is 350 Å². The maximum Gasteiger partial charge on any atom is 0.306 e. The Balaban J connectivity index is 2.82. The van der Waals surface area contributed by atoms with E-state index in [1.54, 1.807) is 0 Å². The molecule has 9 atom stereocenters. The first-order chi connectivity index (χ1) is 49.3. The third-order valence-corrected chi connectivity index (χ3v) is 20.4. The van der Waals surface area contributed by atoms with Gasteiger partial charge in [0.1, 0.15) is 31.5 Å². The van der Waals surface area contributed by atoms with E-state index in [4.69, 9.17) is 42.6 Å². The number of ether oxygens (including phenoxy) is 9. The van der Waals surface area contributed by atoms with Crippen molar-refractivity contribution in [2.24, 2.45) is 0 Å². The molecule has 0 amide bonds. The van der Waals surface area contributed by atoms with Gasteiger partial charge in [0, 0.05) is 38.5 Å². The Bertz CT molecular complexity index is 2000. The molecule has 0 radical (unpaired) electrons. The Morgan fingerprint density at radius 2 is 0.564 bits per heavy atom. The fraction of sp³-hybridized carbons (Fsp3) is 0.929. The average molecular weight is 1440 g/mol. The van der Waals surface area contributed by atoms with Crippen molar-refractivity contribution in [1.29, 1.82) is 0 Å². The minimum atomic E-state index is -2.47. The molecular weight excluding hydrogens is 1280 g/mol. The van der Waals surface area contributed by atoms with Gasteiger partial charge in [0.15, 0.2) is 24.4 Å². The van der Waals surface area contributed by atoms with Crippen LogP contribution in [-0.2, 0) is 71.4 Å². The van der Waals surface area contributed by atoms with E-state index in [-0.39, 0.29) is 38.5 Å². The first kappa shape index (κ1) is 93.7. The highest BCUT2D eigenvalue weighted by molar-refractivity contribution is 5.72. The van der Waals surface area contributed by atoms with Crippen LogP contribution in [0.5, 0.6) is 0 Å². The summed E-state index contributed by atoms with van der Waals surface area (Å²) >= 11 is 0. The van der Waals surface area contributed by atoms with Gasteiger partial charge in [-0.3, -0.25) is 28.8 Å². The average Bonchev–Trinajstić information content (AvgIpc) is 1.63. The Hall–Kier alpha value is -3.38. The van der Waals surface area contributed by atoms with Gasteiger partial charge >= 0.3 is 35.8 Å². The van der Waals surface area contributed by atoms with Gasteiger partial charge in [0.2, 0.25) is 12.1 Å². The molecule has 0 bridgehead atoms. The van der Waals surface area contributed by atoms with Crippen LogP contribution in [0.3, 0.4) is 0 Å². The summed E-state index contributed by atoms with van der Waals surface area (Å²) < 4.78 is 58.3. The van der Waals surface area contributed by atoms with E-state index in [9.17, 15) is 39.0 Å². The van der Waals surface area contributed by atoms with Gasteiger partial charge in [-0.25, -0.2) is 0 Å². The summed E-state index contributed by atoms with van der Waals surface area (Å²) in [5.41, 5.74) is 0. The molecule has 0 aromatic rings. The standard InChI is InChI=1S/C84H154O17/c1-7-13-19-25-31-37-43-49-55-61-72(86)93-68-71-79(96-74(88)63-57-51-45-39-33-27-21-15-9-3)82(99-77(91)66-60-54-48-42-36-30-24-18-12-6)84(100-71,69-94-73(87)62-56-50-44-38-32-26-20-14-8-2)101-83-81(98-76(90)65-59-53-47-41-35-29-23-17-11-5)80(78(92)70(67-85)95-83)97-75(89)64-58-52-46-40-34-28-22-16-10-4/h70-71,78-83,85,92H,7-69H2,1-6H3/t70-,71-,78-,79-,80+,81-,82+,83-,84+/m1/s1. The summed E-state index contributed by atoms with van der Waals surface area (Å²) in [5, 5.41) is 23.2. The van der Waals surface area contributed by atoms with Crippen molar-refractivity contribution < 1.29 is 81.6 Å². The zero-order valence-corrected chi connectivity index (χ0v) is 65.7. The summed E-state index contributed by atoms with van der Waals surface area (Å²) in [6.07, 6.45) is 41.9. The first-order valence-electron chi connectivity index (χ1n) is 42.7. The summed E-state index contributed by atoms with van der Waals surface area (Å²) in [4.78, 5) is 85.7. The molecule has 0 saturated carbocycles. The second kappa shape index (κ2) is 65.0. The van der Waals surface area contributed by atoms with Crippen LogP contribution in [0.15, 0.2) is 0 Å². The number of carbonyl (C=O) groups is 6. The van der Waals surface area contributed by atoms with Gasteiger partial charge in [0.05, 0.1) is 6.61 Å². The lowest BCUT2D eigenvalue weighted by molar-refractivity contribution is -0.384. The van der Waals surface area contributed by atoms with Crippen molar-refractivity contribution in [3.05, 3.63) is 0 Å². The number of aliphatic hydroxyl groups is 2. The highest BCUT2D eigenvalue weighted by Crippen LogP contribution is 2.42. The Morgan fingerprint density at radius 3 is 0.871 bits per heavy atom. The topological polar surface area (TPSA) is 226 Å². The van der Waals surface area contributed by atoms with E-state index in [0.717, 1.165) is 180 Å². The SMILES string of the molecule is CCCCCCCCCCCC(=O)OC[C@H]1O[C@@](COC(=O)CCCCCCCCCCC)(O[C@H]2O[C@H](CO)[C@@H](O)[C@H](OC(=O)CCCCCCCCCCC)[C@H]2OC(=O)CCCCCCCCCCC)[C@@H](OC(=O)CCCCCCCCCCC)[C@@H]1OC(=O)CCCCCCCCCCC. The molecule has 0 aromatic heterocycles. The third-order valence-electron chi connectivity index (χ3n) is 20.4. The zero-order valence-electron chi connectivity index (χ0n) is 65.7. The van der Waals surface area contributed by atoms with Gasteiger partial charge < -0.3 is 52.8 Å². The maximum atomic E-state index is 14.7. The van der Waals surface area contributed by atoms with E-state index in [1.807, 2.05) is 0 Å². The third kappa shape index (κ3) is 47.0. The number of unbranched alkanes of at least 4 members (excludes halogenated alkanes) is 48. The highest BCUT2D eigenvalue weighted by atomic mass is 16.8. The molecule has 0 spiro atoms. The van der Waals surface area contributed by atoms with Crippen molar-refractivity contribution >= 4 is 35.8 Å². The molecule has 592 valence electrons. The van der Waals surface area contributed by atoms with Crippen LogP contribution in [0.1, 0.15) is 427 Å². The molecule has 17 heteroatoms. The van der Waals surface area contributed by atoms with Gasteiger partial charge in [-0.2, -0.15) is 0 Å². The van der Waals surface area contributed by atoms with E-state index < -0.39 is 110 Å². The number of hydrogen-bond acceptors (Lipinski definition) is 17. The van der Waals surface area contributed by atoms with Crippen molar-refractivity contribution in [3.63, 3.8) is 0 Å². The second-order valence-electron chi connectivity index (χ2n) is 29.9. The van der Waals surface area contributed by atoms with Crippen LogP contribution < -0.4 is 0 Å². The van der Waals surface area contributed by atoms with Crippen molar-refractivity contribution in [3.8, 4) is 0 Å². The number of aliphatic hydroxyl groups excluding tert-OH is 2. The quantitative estimate of drug-likeness (QED) is 0.0328. The molecule has 17 nitrogen and oxygen atoms in total. The predicted octanol–water partition coefficient (Wildman–Crippen LogP) is 21.4. The summed E-state index contributed by atoms with van der Waals surface area (Å²) in [6, 6.07) is 0. The minimum Gasteiger partial charge on any atom is -0.463 e. The van der Waals surface area contributed by atoms with Crippen LogP contribution in [0.2, 0.25) is 0 Å². The predicted molar refractivity (Wildman–Crippen MR) is 403 cm³/mol. The number of carbonyl (C=O) groups excluding carboxylic acids is 6. The van der Waals surface area contributed by atoms with E-state index >= 15 is 0 Å². The molecule has 2 saturated heterocycles. The normalized spacial score (nSPS) is 20.4. The maximum absolute atomic E-state index is 14.7. The molecule has 2 fully saturated rings. The Labute approximate surface area is 616 Å². The Kier molecular flexibility index (Phi) is 60.3. The molecule has 2 aliphatic heterocycles. The van der Waals surface area contributed by atoms with E-state index in [2.05, 4.69) is 41.5 Å². The lowest BCUT2D eigenvalue weighted by Gasteiger charge is -2.45. The van der Waals surface area contributed by atoms with Crippen LogP contribution in [0.25, 0.3) is 0 Å². The molecule has 2 heterocycles. The molecule has 2 aliphatic rings. The second-order valence-corrected chi connectivity index (χ2v) is 29.9. The zero-order chi connectivity index (χ0) is 73.5. The van der Waals surface area contributed by atoms with Gasteiger partial charge in [-0.15, -0.1) is 0 Å². The fourth-order valence-electron chi connectivity index (χ4n) is 13.9. The fourth-order valence-corrected chi connectivity index (χ4v) is 13.9. The number of rotatable bonds is 71. The van der Waals surface area contributed by atoms with E-state index in [0.29, 0.717) is 38.5 Å². The monoisotopic (exact) mass is 1440 g/mol. The summed E-state index contributed by atoms with van der Waals surface area (Å²) in [7, 11) is 0.